The standard InChI is InChI=1S/C15H27N/c1-4-13(12-9-7-6-8-10-12)11(3)15-14(5-2)16-15/h5,11-16H,2,4,6-10H2,1,3H3. The van der Waals surface area contributed by atoms with E-state index >= 15 is 0 Å². The van der Waals surface area contributed by atoms with Crippen molar-refractivity contribution in [2.24, 2.45) is 17.8 Å². The Bertz CT molecular complexity index is 230. The Morgan fingerprint density at radius 1 is 1.31 bits per heavy atom. The summed E-state index contributed by atoms with van der Waals surface area (Å²) in [4.78, 5) is 0. The normalized spacial score (nSPS) is 34.4. The van der Waals surface area contributed by atoms with Gasteiger partial charge in [0.2, 0.25) is 0 Å². The zero-order valence-electron chi connectivity index (χ0n) is 10.9. The van der Waals surface area contributed by atoms with Crippen LogP contribution in [0.1, 0.15) is 52.4 Å². The Balaban J connectivity index is 1.90. The predicted molar refractivity (Wildman–Crippen MR) is 70.4 cm³/mol. The first-order valence-electron chi connectivity index (χ1n) is 7.16. The summed E-state index contributed by atoms with van der Waals surface area (Å²) < 4.78 is 0. The lowest BCUT2D eigenvalue weighted by atomic mass is 9.72. The Kier molecular flexibility index (Phi) is 4.07. The Morgan fingerprint density at radius 2 is 2.00 bits per heavy atom. The van der Waals surface area contributed by atoms with Crippen LogP contribution in [0.4, 0.5) is 0 Å². The van der Waals surface area contributed by atoms with E-state index in [1.807, 2.05) is 0 Å². The maximum Gasteiger partial charge on any atom is 0.0408 e. The maximum absolute atomic E-state index is 3.89. The van der Waals surface area contributed by atoms with Crippen molar-refractivity contribution in [1.82, 2.24) is 5.32 Å². The van der Waals surface area contributed by atoms with E-state index in [4.69, 9.17) is 0 Å². The van der Waals surface area contributed by atoms with E-state index in [9.17, 15) is 0 Å². The molecule has 0 aromatic carbocycles. The molecular formula is C15H27N. The molecule has 2 aliphatic rings. The van der Waals surface area contributed by atoms with Crippen molar-refractivity contribution in [2.45, 2.75) is 64.5 Å². The molecule has 1 nitrogen and oxygen atoms in total. The number of rotatable bonds is 5. The largest absolute Gasteiger partial charge is 0.304 e. The van der Waals surface area contributed by atoms with Crippen LogP contribution in [0.25, 0.3) is 0 Å². The zero-order chi connectivity index (χ0) is 11.5. The molecule has 1 aliphatic carbocycles. The van der Waals surface area contributed by atoms with E-state index < -0.39 is 0 Å². The van der Waals surface area contributed by atoms with Gasteiger partial charge in [-0.25, -0.2) is 0 Å². The van der Waals surface area contributed by atoms with Crippen molar-refractivity contribution < 1.29 is 0 Å². The number of hydrogen-bond acceptors (Lipinski definition) is 1. The minimum absolute atomic E-state index is 0.604. The van der Waals surface area contributed by atoms with Gasteiger partial charge in [0.1, 0.15) is 0 Å². The van der Waals surface area contributed by atoms with Gasteiger partial charge in [-0.05, 0) is 17.8 Å². The molecule has 1 N–H and O–H groups in total. The highest BCUT2D eigenvalue weighted by Crippen LogP contribution is 2.39. The molecule has 16 heavy (non-hydrogen) atoms. The van der Waals surface area contributed by atoms with Gasteiger partial charge in [0.25, 0.3) is 0 Å². The Morgan fingerprint density at radius 3 is 2.50 bits per heavy atom. The van der Waals surface area contributed by atoms with Crippen LogP contribution in [-0.2, 0) is 0 Å². The van der Waals surface area contributed by atoms with E-state index in [0.717, 1.165) is 23.8 Å². The van der Waals surface area contributed by atoms with Crippen molar-refractivity contribution in [1.29, 1.82) is 0 Å². The van der Waals surface area contributed by atoms with Gasteiger partial charge in [0, 0.05) is 12.1 Å². The van der Waals surface area contributed by atoms with Gasteiger partial charge in [0.15, 0.2) is 0 Å². The molecule has 92 valence electrons. The summed E-state index contributed by atoms with van der Waals surface area (Å²) in [6.45, 7) is 8.71. The van der Waals surface area contributed by atoms with Crippen LogP contribution in [-0.4, -0.2) is 12.1 Å². The Hall–Kier alpha value is -0.300. The van der Waals surface area contributed by atoms with E-state index in [0.29, 0.717) is 6.04 Å². The van der Waals surface area contributed by atoms with Gasteiger partial charge < -0.3 is 5.32 Å². The average molecular weight is 221 g/mol. The lowest BCUT2D eigenvalue weighted by Crippen LogP contribution is -2.27. The molecule has 4 atom stereocenters. The molecule has 0 bridgehead atoms. The van der Waals surface area contributed by atoms with Gasteiger partial charge in [-0.2, -0.15) is 0 Å². The van der Waals surface area contributed by atoms with E-state index in [-0.39, 0.29) is 0 Å². The molecule has 0 aromatic heterocycles. The lowest BCUT2D eigenvalue weighted by molar-refractivity contribution is 0.178. The van der Waals surface area contributed by atoms with Crippen molar-refractivity contribution in [3.8, 4) is 0 Å². The van der Waals surface area contributed by atoms with E-state index in [2.05, 4.69) is 31.8 Å². The summed E-state index contributed by atoms with van der Waals surface area (Å²) in [7, 11) is 0. The summed E-state index contributed by atoms with van der Waals surface area (Å²) in [6, 6.07) is 1.33. The second-order valence-corrected chi connectivity index (χ2v) is 5.78. The number of hydrogen-bond donors (Lipinski definition) is 1. The first kappa shape index (κ1) is 12.2. The van der Waals surface area contributed by atoms with Crippen molar-refractivity contribution in [2.75, 3.05) is 0 Å². The highest BCUT2D eigenvalue weighted by Gasteiger charge is 2.42. The molecule has 2 rings (SSSR count). The minimum atomic E-state index is 0.604. The summed E-state index contributed by atoms with van der Waals surface area (Å²) in [5.41, 5.74) is 0. The van der Waals surface area contributed by atoms with Crippen LogP contribution in [0.3, 0.4) is 0 Å². The Labute approximate surface area is 101 Å². The average Bonchev–Trinajstić information content (AvgIpc) is 3.10. The minimum Gasteiger partial charge on any atom is -0.304 e. The fraction of sp³-hybridized carbons (Fsp3) is 0.867. The molecule has 1 saturated carbocycles. The van der Waals surface area contributed by atoms with Crippen molar-refractivity contribution in [3.05, 3.63) is 12.7 Å². The summed E-state index contributed by atoms with van der Waals surface area (Å²) >= 11 is 0. The molecular weight excluding hydrogens is 194 g/mol. The van der Waals surface area contributed by atoms with Crippen molar-refractivity contribution in [3.63, 3.8) is 0 Å². The zero-order valence-corrected chi connectivity index (χ0v) is 10.9. The third kappa shape index (κ3) is 2.51. The first-order chi connectivity index (χ1) is 7.77. The van der Waals surface area contributed by atoms with Crippen LogP contribution in [0.5, 0.6) is 0 Å². The highest BCUT2D eigenvalue weighted by molar-refractivity contribution is 5.11. The molecule has 0 radical (unpaired) electrons. The topological polar surface area (TPSA) is 21.9 Å². The van der Waals surface area contributed by atoms with E-state index in [1.165, 1.54) is 38.5 Å². The molecule has 0 amide bonds. The molecule has 1 saturated heterocycles. The van der Waals surface area contributed by atoms with Gasteiger partial charge in [0.05, 0.1) is 0 Å². The summed E-state index contributed by atoms with van der Waals surface area (Å²) in [6.07, 6.45) is 10.8. The van der Waals surface area contributed by atoms with Crippen LogP contribution in [0, 0.1) is 17.8 Å². The number of nitrogens with one attached hydrogen (secondary N) is 1. The summed E-state index contributed by atoms with van der Waals surface area (Å²) in [5, 5.41) is 3.55. The second kappa shape index (κ2) is 5.35. The first-order valence-corrected chi connectivity index (χ1v) is 7.16. The van der Waals surface area contributed by atoms with E-state index in [1.54, 1.807) is 0 Å². The molecule has 0 aromatic rings. The molecule has 4 unspecified atom stereocenters. The van der Waals surface area contributed by atoms with Gasteiger partial charge in [-0.3, -0.25) is 0 Å². The molecule has 1 aliphatic heterocycles. The molecule has 1 heteroatoms. The third-order valence-electron chi connectivity index (χ3n) is 4.89. The molecule has 1 heterocycles. The van der Waals surface area contributed by atoms with Crippen LogP contribution in [0.15, 0.2) is 12.7 Å². The molecule has 2 fully saturated rings. The maximum atomic E-state index is 3.89. The van der Waals surface area contributed by atoms with Crippen LogP contribution < -0.4 is 5.32 Å². The highest BCUT2D eigenvalue weighted by atomic mass is 15.1. The predicted octanol–water partition coefficient (Wildman–Crippen LogP) is 3.76. The van der Waals surface area contributed by atoms with Gasteiger partial charge in [-0.1, -0.05) is 58.4 Å². The van der Waals surface area contributed by atoms with Crippen LogP contribution in [0.2, 0.25) is 0 Å². The van der Waals surface area contributed by atoms with Gasteiger partial charge in [-0.15, -0.1) is 6.58 Å². The monoisotopic (exact) mass is 221 g/mol. The van der Waals surface area contributed by atoms with Gasteiger partial charge >= 0.3 is 0 Å². The lowest BCUT2D eigenvalue weighted by Gasteiger charge is -2.33. The van der Waals surface area contributed by atoms with Crippen molar-refractivity contribution >= 4 is 0 Å². The van der Waals surface area contributed by atoms with Crippen LogP contribution >= 0.6 is 0 Å². The second-order valence-electron chi connectivity index (χ2n) is 5.78. The molecule has 0 spiro atoms. The smallest absolute Gasteiger partial charge is 0.0408 e. The third-order valence-corrected chi connectivity index (χ3v) is 4.89. The fourth-order valence-corrected chi connectivity index (χ4v) is 3.82. The SMILES string of the molecule is C=CC1NC1C(C)C(CC)C1CCCCC1. The quantitative estimate of drug-likeness (QED) is 0.554. The fourth-order valence-electron chi connectivity index (χ4n) is 3.82. The summed E-state index contributed by atoms with van der Waals surface area (Å²) in [5.74, 6) is 2.76.